The second-order valence-electron chi connectivity index (χ2n) is 2.27. The first kappa shape index (κ1) is 7.00. The van der Waals surface area contributed by atoms with Crippen molar-refractivity contribution in [3.8, 4) is 0 Å². The molecule has 0 unspecified atom stereocenters. The van der Waals surface area contributed by atoms with Crippen molar-refractivity contribution in [1.82, 2.24) is 0 Å². The van der Waals surface area contributed by atoms with Crippen molar-refractivity contribution in [2.24, 2.45) is 0 Å². The van der Waals surface area contributed by atoms with Crippen LogP contribution in [-0.2, 0) is 0 Å². The molecule has 0 fully saturated rings. The third-order valence-electron chi connectivity index (χ3n) is 1.33. The Morgan fingerprint density at radius 2 is 2.20 bits per heavy atom. The first-order valence-corrected chi connectivity index (χ1v) is 3.11. The van der Waals surface area contributed by atoms with Crippen LogP contribution in [-0.4, -0.2) is 0 Å². The molecule has 0 aliphatic carbocycles. The highest BCUT2D eigenvalue weighted by atomic mass is 19.1. The molecule has 10 heavy (non-hydrogen) atoms. The summed E-state index contributed by atoms with van der Waals surface area (Å²) in [6.45, 7) is 5.12. The van der Waals surface area contributed by atoms with Gasteiger partial charge in [0.1, 0.15) is 5.83 Å². The van der Waals surface area contributed by atoms with Gasteiger partial charge in [0.05, 0.1) is 0 Å². The highest BCUT2D eigenvalue weighted by Gasteiger charge is 1.94. The Balaban J connectivity index is 3.07. The van der Waals surface area contributed by atoms with Crippen LogP contribution in [0, 0.1) is 6.92 Å². The van der Waals surface area contributed by atoms with Crippen LogP contribution < -0.4 is 0 Å². The molecule has 52 valence electrons. The van der Waals surface area contributed by atoms with E-state index in [1.54, 1.807) is 12.1 Å². The van der Waals surface area contributed by atoms with Crippen molar-refractivity contribution < 1.29 is 4.39 Å². The molecule has 0 atom stereocenters. The first-order valence-electron chi connectivity index (χ1n) is 3.11. The first-order chi connectivity index (χ1) is 4.70. The monoisotopic (exact) mass is 136 g/mol. The molecule has 0 aliphatic heterocycles. The third kappa shape index (κ3) is 1.44. The van der Waals surface area contributed by atoms with Gasteiger partial charge in [0.2, 0.25) is 0 Å². The molecule has 0 heterocycles. The van der Waals surface area contributed by atoms with Crippen LogP contribution in [0.25, 0.3) is 5.83 Å². The summed E-state index contributed by atoms with van der Waals surface area (Å²) in [5.74, 6) is -0.372. The van der Waals surface area contributed by atoms with Crippen LogP contribution in [0.15, 0.2) is 30.8 Å². The Bertz CT molecular complexity index is 251. The molecular formula is C9H9F. The van der Waals surface area contributed by atoms with Crippen LogP contribution in [0.3, 0.4) is 0 Å². The Morgan fingerprint density at radius 3 is 2.60 bits per heavy atom. The molecule has 1 heteroatoms. The van der Waals surface area contributed by atoms with Crippen LogP contribution in [0.5, 0.6) is 0 Å². The van der Waals surface area contributed by atoms with Gasteiger partial charge in [-0.3, -0.25) is 0 Å². The quantitative estimate of drug-likeness (QED) is 0.556. The van der Waals surface area contributed by atoms with Crippen molar-refractivity contribution in [3.63, 3.8) is 0 Å². The zero-order chi connectivity index (χ0) is 7.56. The molecule has 0 N–H and O–H groups in total. The Kier molecular flexibility index (Phi) is 1.86. The van der Waals surface area contributed by atoms with E-state index in [-0.39, 0.29) is 5.83 Å². The van der Waals surface area contributed by atoms with E-state index in [9.17, 15) is 4.39 Å². The molecule has 0 spiro atoms. The van der Waals surface area contributed by atoms with Crippen molar-refractivity contribution in [2.45, 2.75) is 6.92 Å². The fourth-order valence-corrected chi connectivity index (χ4v) is 0.814. The fourth-order valence-electron chi connectivity index (χ4n) is 0.814. The predicted octanol–water partition coefficient (Wildman–Crippen LogP) is 2.94. The molecule has 0 radical (unpaired) electrons. The third-order valence-corrected chi connectivity index (χ3v) is 1.33. The van der Waals surface area contributed by atoms with Gasteiger partial charge in [-0.15, -0.1) is 0 Å². The van der Waals surface area contributed by atoms with Gasteiger partial charge in [0.15, 0.2) is 0 Å². The smallest absolute Gasteiger partial charge is 0.123 e. The summed E-state index contributed by atoms with van der Waals surface area (Å²) in [5.41, 5.74) is 1.62. The van der Waals surface area contributed by atoms with Gasteiger partial charge in [0.25, 0.3) is 0 Å². The van der Waals surface area contributed by atoms with Gasteiger partial charge >= 0.3 is 0 Å². The average Bonchev–Trinajstić information content (AvgIpc) is 1.88. The fraction of sp³-hybridized carbons (Fsp3) is 0.111. The molecule has 0 saturated heterocycles. The van der Waals surface area contributed by atoms with Crippen molar-refractivity contribution >= 4 is 5.83 Å². The van der Waals surface area contributed by atoms with E-state index in [1.165, 1.54) is 0 Å². The van der Waals surface area contributed by atoms with Crippen molar-refractivity contribution in [3.05, 3.63) is 42.0 Å². The normalized spacial score (nSPS) is 9.40. The van der Waals surface area contributed by atoms with E-state index in [1.807, 2.05) is 19.1 Å². The Morgan fingerprint density at radius 1 is 1.50 bits per heavy atom. The molecule has 0 aromatic heterocycles. The van der Waals surface area contributed by atoms with Gasteiger partial charge < -0.3 is 0 Å². The lowest BCUT2D eigenvalue weighted by Crippen LogP contribution is -1.76. The molecule has 1 rings (SSSR count). The topological polar surface area (TPSA) is 0 Å². The van der Waals surface area contributed by atoms with Gasteiger partial charge in [-0.05, 0) is 13.0 Å². The largest absolute Gasteiger partial charge is 0.207 e. The lowest BCUT2D eigenvalue weighted by atomic mass is 10.1. The predicted molar refractivity (Wildman–Crippen MR) is 41.3 cm³/mol. The lowest BCUT2D eigenvalue weighted by Gasteiger charge is -1.95. The Labute approximate surface area is 60.0 Å². The molecule has 1 aromatic rings. The maximum Gasteiger partial charge on any atom is 0.123 e. The minimum atomic E-state index is -0.372. The summed E-state index contributed by atoms with van der Waals surface area (Å²) >= 11 is 0. The number of halogens is 1. The van der Waals surface area contributed by atoms with Crippen LogP contribution in [0.4, 0.5) is 4.39 Å². The van der Waals surface area contributed by atoms with Gasteiger partial charge in [0, 0.05) is 5.56 Å². The average molecular weight is 136 g/mol. The molecular weight excluding hydrogens is 127 g/mol. The zero-order valence-electron chi connectivity index (χ0n) is 5.89. The second-order valence-corrected chi connectivity index (χ2v) is 2.27. The van der Waals surface area contributed by atoms with Crippen molar-refractivity contribution in [1.29, 1.82) is 0 Å². The van der Waals surface area contributed by atoms with E-state index in [0.717, 1.165) is 5.56 Å². The van der Waals surface area contributed by atoms with Gasteiger partial charge in [-0.2, -0.15) is 0 Å². The summed E-state index contributed by atoms with van der Waals surface area (Å²) < 4.78 is 12.4. The van der Waals surface area contributed by atoms with Crippen LogP contribution in [0.1, 0.15) is 11.1 Å². The van der Waals surface area contributed by atoms with Gasteiger partial charge in [-0.1, -0.05) is 30.3 Å². The number of hydrogen-bond acceptors (Lipinski definition) is 0. The molecule has 0 nitrogen and oxygen atoms in total. The Hall–Kier alpha value is -1.11. The summed E-state index contributed by atoms with van der Waals surface area (Å²) in [4.78, 5) is 0. The van der Waals surface area contributed by atoms with E-state index < -0.39 is 0 Å². The number of benzene rings is 1. The zero-order valence-corrected chi connectivity index (χ0v) is 5.89. The maximum absolute atomic E-state index is 12.4. The summed E-state index contributed by atoms with van der Waals surface area (Å²) in [6, 6.07) is 7.21. The highest BCUT2D eigenvalue weighted by molar-refractivity contribution is 5.56. The molecule has 0 aliphatic rings. The van der Waals surface area contributed by atoms with E-state index in [4.69, 9.17) is 0 Å². The van der Waals surface area contributed by atoms with E-state index in [0.29, 0.717) is 5.56 Å². The number of rotatable bonds is 1. The van der Waals surface area contributed by atoms with E-state index >= 15 is 0 Å². The highest BCUT2D eigenvalue weighted by Crippen LogP contribution is 2.13. The molecule has 1 aromatic carbocycles. The number of hydrogen-bond donors (Lipinski definition) is 0. The number of aryl methyl sites for hydroxylation is 1. The molecule has 0 amide bonds. The molecule has 0 bridgehead atoms. The SMILES string of the molecule is C=C(F)c1cccc(C)c1. The summed E-state index contributed by atoms with van der Waals surface area (Å²) in [7, 11) is 0. The van der Waals surface area contributed by atoms with Crippen LogP contribution >= 0.6 is 0 Å². The second kappa shape index (κ2) is 2.65. The standard InChI is InChI=1S/C9H9F/c1-7-4-3-5-9(6-7)8(2)10/h3-6H,2H2,1H3. The lowest BCUT2D eigenvalue weighted by molar-refractivity contribution is 0.763. The minimum absolute atomic E-state index is 0.372. The summed E-state index contributed by atoms with van der Waals surface area (Å²) in [5, 5.41) is 0. The van der Waals surface area contributed by atoms with Gasteiger partial charge in [-0.25, -0.2) is 4.39 Å². The van der Waals surface area contributed by atoms with Crippen molar-refractivity contribution in [2.75, 3.05) is 0 Å². The summed E-state index contributed by atoms with van der Waals surface area (Å²) in [6.07, 6.45) is 0. The van der Waals surface area contributed by atoms with E-state index in [2.05, 4.69) is 6.58 Å². The maximum atomic E-state index is 12.4. The molecule has 0 saturated carbocycles. The van der Waals surface area contributed by atoms with Crippen LogP contribution in [0.2, 0.25) is 0 Å². The minimum Gasteiger partial charge on any atom is -0.207 e.